The second-order valence-corrected chi connectivity index (χ2v) is 4.30. The predicted octanol–water partition coefficient (Wildman–Crippen LogP) is 2.21. The summed E-state index contributed by atoms with van der Waals surface area (Å²) in [6, 6.07) is 6.35. The molecule has 0 saturated heterocycles. The number of anilines is 1. The fourth-order valence-corrected chi connectivity index (χ4v) is 1.68. The summed E-state index contributed by atoms with van der Waals surface area (Å²) >= 11 is 0. The zero-order valence-electron chi connectivity index (χ0n) is 10.7. The van der Waals surface area contributed by atoms with Gasteiger partial charge in [0.15, 0.2) is 0 Å². The summed E-state index contributed by atoms with van der Waals surface area (Å²) in [6.45, 7) is 5.83. The molecular weight excluding hydrogens is 200 g/mol. The first-order valence-corrected chi connectivity index (χ1v) is 5.69. The molecule has 3 heteroatoms. The SMILES string of the molecule is COc1cc(C(C)C)ccc1N(C)CCN. The third kappa shape index (κ3) is 2.89. The number of likely N-dealkylation sites (N-methyl/N-ethyl adjacent to an activating group) is 1. The van der Waals surface area contributed by atoms with Crippen LogP contribution in [-0.4, -0.2) is 27.2 Å². The van der Waals surface area contributed by atoms with Gasteiger partial charge in [-0.2, -0.15) is 0 Å². The van der Waals surface area contributed by atoms with Gasteiger partial charge in [0, 0.05) is 20.1 Å². The molecule has 0 aliphatic carbocycles. The Morgan fingerprint density at radius 2 is 2.06 bits per heavy atom. The number of hydrogen-bond acceptors (Lipinski definition) is 3. The molecule has 0 amide bonds. The zero-order chi connectivity index (χ0) is 12.1. The maximum absolute atomic E-state index is 5.55. The van der Waals surface area contributed by atoms with Crippen LogP contribution in [0.2, 0.25) is 0 Å². The van der Waals surface area contributed by atoms with Crippen molar-refractivity contribution >= 4 is 5.69 Å². The van der Waals surface area contributed by atoms with E-state index in [1.54, 1.807) is 7.11 Å². The maximum atomic E-state index is 5.55. The van der Waals surface area contributed by atoms with Gasteiger partial charge >= 0.3 is 0 Å². The van der Waals surface area contributed by atoms with Gasteiger partial charge in [0.25, 0.3) is 0 Å². The predicted molar refractivity (Wildman–Crippen MR) is 69.4 cm³/mol. The fourth-order valence-electron chi connectivity index (χ4n) is 1.68. The molecule has 16 heavy (non-hydrogen) atoms. The largest absolute Gasteiger partial charge is 0.495 e. The van der Waals surface area contributed by atoms with E-state index in [1.807, 2.05) is 7.05 Å². The first-order valence-electron chi connectivity index (χ1n) is 5.69. The number of benzene rings is 1. The second-order valence-electron chi connectivity index (χ2n) is 4.30. The fraction of sp³-hybridized carbons (Fsp3) is 0.538. The van der Waals surface area contributed by atoms with Crippen LogP contribution in [0.1, 0.15) is 25.3 Å². The van der Waals surface area contributed by atoms with Crippen LogP contribution in [-0.2, 0) is 0 Å². The van der Waals surface area contributed by atoms with E-state index < -0.39 is 0 Å². The minimum atomic E-state index is 0.516. The van der Waals surface area contributed by atoms with E-state index >= 15 is 0 Å². The normalized spacial score (nSPS) is 10.6. The number of nitrogens with two attached hydrogens (primary N) is 1. The smallest absolute Gasteiger partial charge is 0.142 e. The number of methoxy groups -OCH3 is 1. The lowest BCUT2D eigenvalue weighted by Gasteiger charge is -2.22. The van der Waals surface area contributed by atoms with Crippen LogP contribution in [0.4, 0.5) is 5.69 Å². The summed E-state index contributed by atoms with van der Waals surface area (Å²) in [4.78, 5) is 2.11. The van der Waals surface area contributed by atoms with Crippen molar-refractivity contribution in [3.8, 4) is 5.75 Å². The van der Waals surface area contributed by atoms with Crippen molar-refractivity contribution in [3.63, 3.8) is 0 Å². The average molecular weight is 222 g/mol. The molecule has 0 unspecified atom stereocenters. The first-order chi connectivity index (χ1) is 7.60. The summed E-state index contributed by atoms with van der Waals surface area (Å²) in [5, 5.41) is 0. The van der Waals surface area contributed by atoms with Crippen molar-refractivity contribution in [2.45, 2.75) is 19.8 Å². The van der Waals surface area contributed by atoms with Crippen LogP contribution < -0.4 is 15.4 Å². The molecule has 0 atom stereocenters. The summed E-state index contributed by atoms with van der Waals surface area (Å²) < 4.78 is 5.42. The summed E-state index contributed by atoms with van der Waals surface area (Å²) in [6.07, 6.45) is 0. The molecule has 0 aromatic heterocycles. The molecule has 3 nitrogen and oxygen atoms in total. The zero-order valence-corrected chi connectivity index (χ0v) is 10.7. The van der Waals surface area contributed by atoms with E-state index in [4.69, 9.17) is 10.5 Å². The minimum Gasteiger partial charge on any atom is -0.495 e. The van der Waals surface area contributed by atoms with Gasteiger partial charge in [0.1, 0.15) is 5.75 Å². The Hall–Kier alpha value is -1.22. The highest BCUT2D eigenvalue weighted by Gasteiger charge is 2.09. The molecule has 0 bridgehead atoms. The lowest BCUT2D eigenvalue weighted by Crippen LogP contribution is -2.25. The molecule has 0 aliphatic heterocycles. The Labute approximate surface area is 98.2 Å². The van der Waals surface area contributed by atoms with Crippen LogP contribution in [0, 0.1) is 0 Å². The molecule has 0 spiro atoms. The van der Waals surface area contributed by atoms with Gasteiger partial charge in [-0.25, -0.2) is 0 Å². The van der Waals surface area contributed by atoms with Gasteiger partial charge in [-0.1, -0.05) is 19.9 Å². The van der Waals surface area contributed by atoms with Gasteiger partial charge in [-0.15, -0.1) is 0 Å². The van der Waals surface area contributed by atoms with E-state index in [1.165, 1.54) is 5.56 Å². The van der Waals surface area contributed by atoms with Crippen molar-refractivity contribution in [1.82, 2.24) is 0 Å². The Balaban J connectivity index is 3.01. The van der Waals surface area contributed by atoms with Gasteiger partial charge in [-0.05, 0) is 23.6 Å². The average Bonchev–Trinajstić information content (AvgIpc) is 2.28. The molecule has 1 aromatic rings. The monoisotopic (exact) mass is 222 g/mol. The Morgan fingerprint density at radius 1 is 1.38 bits per heavy atom. The molecular formula is C13H22N2O. The van der Waals surface area contributed by atoms with E-state index in [0.29, 0.717) is 12.5 Å². The number of rotatable bonds is 5. The molecule has 0 saturated carbocycles. The second kappa shape index (κ2) is 5.75. The van der Waals surface area contributed by atoms with E-state index in [9.17, 15) is 0 Å². The maximum Gasteiger partial charge on any atom is 0.142 e. The Kier molecular flexibility index (Phi) is 4.62. The third-order valence-corrected chi connectivity index (χ3v) is 2.75. The molecule has 0 heterocycles. The highest BCUT2D eigenvalue weighted by molar-refractivity contribution is 5.59. The summed E-state index contributed by atoms with van der Waals surface area (Å²) in [5.74, 6) is 1.44. The van der Waals surface area contributed by atoms with Crippen LogP contribution in [0.25, 0.3) is 0 Å². The molecule has 2 N–H and O–H groups in total. The molecule has 0 radical (unpaired) electrons. The standard InChI is InChI=1S/C13H22N2O/c1-10(2)11-5-6-12(13(9-11)16-4)15(3)8-7-14/h5-6,9-10H,7-8,14H2,1-4H3. The first kappa shape index (κ1) is 12.8. The van der Waals surface area contributed by atoms with Crippen LogP contribution in [0.15, 0.2) is 18.2 Å². The van der Waals surface area contributed by atoms with Crippen molar-refractivity contribution in [2.24, 2.45) is 5.73 Å². The number of nitrogens with zero attached hydrogens (tertiary/aromatic N) is 1. The summed E-state index contributed by atoms with van der Waals surface area (Å²) in [5.41, 5.74) is 7.94. The van der Waals surface area contributed by atoms with Gasteiger partial charge in [0.05, 0.1) is 12.8 Å². The third-order valence-electron chi connectivity index (χ3n) is 2.75. The van der Waals surface area contributed by atoms with Crippen LogP contribution in [0.5, 0.6) is 5.75 Å². The summed E-state index contributed by atoms with van der Waals surface area (Å²) in [7, 11) is 3.74. The van der Waals surface area contributed by atoms with Crippen LogP contribution in [0.3, 0.4) is 0 Å². The molecule has 90 valence electrons. The highest BCUT2D eigenvalue weighted by atomic mass is 16.5. The van der Waals surface area contributed by atoms with Crippen molar-refractivity contribution in [2.75, 3.05) is 32.1 Å². The van der Waals surface area contributed by atoms with Crippen LogP contribution >= 0.6 is 0 Å². The number of ether oxygens (including phenoxy) is 1. The lowest BCUT2D eigenvalue weighted by molar-refractivity contribution is 0.414. The van der Waals surface area contributed by atoms with Gasteiger partial charge < -0.3 is 15.4 Å². The Morgan fingerprint density at radius 3 is 2.56 bits per heavy atom. The van der Waals surface area contributed by atoms with E-state index in [2.05, 4.69) is 36.9 Å². The lowest BCUT2D eigenvalue weighted by atomic mass is 10.0. The minimum absolute atomic E-state index is 0.516. The van der Waals surface area contributed by atoms with Crippen molar-refractivity contribution in [1.29, 1.82) is 0 Å². The van der Waals surface area contributed by atoms with Crippen molar-refractivity contribution < 1.29 is 4.74 Å². The van der Waals surface area contributed by atoms with Gasteiger partial charge in [-0.3, -0.25) is 0 Å². The van der Waals surface area contributed by atoms with Gasteiger partial charge in [0.2, 0.25) is 0 Å². The number of hydrogen-bond donors (Lipinski definition) is 1. The van der Waals surface area contributed by atoms with Crippen molar-refractivity contribution in [3.05, 3.63) is 23.8 Å². The molecule has 0 aliphatic rings. The molecule has 0 fully saturated rings. The Bertz CT molecular complexity index is 337. The highest BCUT2D eigenvalue weighted by Crippen LogP contribution is 2.30. The van der Waals surface area contributed by atoms with E-state index in [-0.39, 0.29) is 0 Å². The quantitative estimate of drug-likeness (QED) is 0.830. The van der Waals surface area contributed by atoms with E-state index in [0.717, 1.165) is 18.0 Å². The molecule has 1 rings (SSSR count). The molecule has 1 aromatic carbocycles. The topological polar surface area (TPSA) is 38.5 Å².